The highest BCUT2D eigenvalue weighted by molar-refractivity contribution is 5.45. The normalized spacial score (nSPS) is 18.3. The smallest absolute Gasteiger partial charge is 0.179 e. The van der Waals surface area contributed by atoms with Gasteiger partial charge in [-0.15, -0.1) is 0 Å². The van der Waals surface area contributed by atoms with Gasteiger partial charge >= 0.3 is 0 Å². The zero-order valence-corrected chi connectivity index (χ0v) is 11.1. The van der Waals surface area contributed by atoms with Crippen LogP contribution in [0.1, 0.15) is 12.0 Å². The van der Waals surface area contributed by atoms with Gasteiger partial charge in [0.2, 0.25) is 0 Å². The summed E-state index contributed by atoms with van der Waals surface area (Å²) in [5, 5.41) is 3.20. The highest BCUT2D eigenvalue weighted by atomic mass is 14.8. The van der Waals surface area contributed by atoms with Crippen molar-refractivity contribution in [2.75, 3.05) is 0 Å². The van der Waals surface area contributed by atoms with E-state index in [4.69, 9.17) is 0 Å². The van der Waals surface area contributed by atoms with Crippen molar-refractivity contribution in [3.63, 3.8) is 0 Å². The van der Waals surface area contributed by atoms with Crippen molar-refractivity contribution in [3.8, 4) is 0 Å². The number of rotatable bonds is 2. The lowest BCUT2D eigenvalue weighted by atomic mass is 10.0. The third-order valence-corrected chi connectivity index (χ3v) is 3.01. The van der Waals surface area contributed by atoms with E-state index in [9.17, 15) is 0 Å². The molecule has 0 atom stereocenters. The van der Waals surface area contributed by atoms with E-state index in [1.807, 2.05) is 42.6 Å². The van der Waals surface area contributed by atoms with Crippen molar-refractivity contribution >= 4 is 0 Å². The molecular formula is C19H15N+2. The molecule has 1 nitrogen and oxygen atoms in total. The molecule has 20 heavy (non-hydrogen) atoms. The van der Waals surface area contributed by atoms with Gasteiger partial charge in [0.05, 0.1) is 6.08 Å². The first-order valence-electron chi connectivity index (χ1n) is 6.71. The molecule has 1 aliphatic heterocycles. The van der Waals surface area contributed by atoms with Gasteiger partial charge in [-0.05, 0) is 36.8 Å². The number of nitrogens with one attached hydrogen (secondary N) is 1. The molecule has 1 heteroatoms. The zero-order valence-electron chi connectivity index (χ0n) is 11.1. The quantitative estimate of drug-likeness (QED) is 0.789. The standard InChI is InChI=1S/C19H15N/c1-3-7-16(8-4-1)13-18-11-12-20-19(15-18)14-17-9-5-2-6-10-17/h2-12,15,20H,1H2/q+2. The summed E-state index contributed by atoms with van der Waals surface area (Å²) in [5.41, 5.74) is 4.16. The van der Waals surface area contributed by atoms with Crippen LogP contribution in [0, 0.1) is 12.2 Å². The molecule has 1 aromatic carbocycles. The molecule has 0 saturated carbocycles. The van der Waals surface area contributed by atoms with E-state index >= 15 is 0 Å². The number of dihydropyridines is 1. The summed E-state index contributed by atoms with van der Waals surface area (Å²) in [7, 11) is 0. The molecular weight excluding hydrogens is 242 g/mol. The van der Waals surface area contributed by atoms with Crippen LogP contribution in [0.15, 0.2) is 89.8 Å². The summed E-state index contributed by atoms with van der Waals surface area (Å²) in [6.45, 7) is 0. The molecule has 0 aromatic heterocycles. The van der Waals surface area contributed by atoms with Gasteiger partial charge in [0, 0.05) is 48.7 Å². The molecule has 1 N–H and O–H groups in total. The van der Waals surface area contributed by atoms with Gasteiger partial charge in [-0.1, -0.05) is 0 Å². The molecule has 0 saturated heterocycles. The van der Waals surface area contributed by atoms with Crippen LogP contribution in [0.4, 0.5) is 0 Å². The molecule has 1 aliphatic carbocycles. The first kappa shape index (κ1) is 12.3. The lowest BCUT2D eigenvalue weighted by Gasteiger charge is -2.01. The minimum absolute atomic E-state index is 0.950. The minimum Gasteiger partial charge on any atom is -0.331 e. The fourth-order valence-corrected chi connectivity index (χ4v) is 2.07. The summed E-state index contributed by atoms with van der Waals surface area (Å²) in [4.78, 5) is 0. The second kappa shape index (κ2) is 5.95. The largest absolute Gasteiger partial charge is 0.331 e. The molecule has 1 aromatic rings. The second-order valence-corrected chi connectivity index (χ2v) is 4.60. The van der Waals surface area contributed by atoms with Gasteiger partial charge in [-0.25, -0.2) is 0 Å². The van der Waals surface area contributed by atoms with Crippen LogP contribution in [-0.2, 0) is 0 Å². The molecule has 0 radical (unpaired) electrons. The van der Waals surface area contributed by atoms with E-state index in [2.05, 4.69) is 47.8 Å². The maximum atomic E-state index is 3.39. The van der Waals surface area contributed by atoms with Crippen molar-refractivity contribution in [3.05, 3.63) is 108 Å². The van der Waals surface area contributed by atoms with Crippen LogP contribution in [0.5, 0.6) is 0 Å². The van der Waals surface area contributed by atoms with Gasteiger partial charge in [0.15, 0.2) is 5.70 Å². The highest BCUT2D eigenvalue weighted by Crippen LogP contribution is 2.15. The molecule has 2 aliphatic rings. The maximum absolute atomic E-state index is 3.39. The minimum atomic E-state index is 0.950. The van der Waals surface area contributed by atoms with E-state index in [0.717, 1.165) is 28.8 Å². The van der Waals surface area contributed by atoms with Gasteiger partial charge in [-0.3, -0.25) is 0 Å². The van der Waals surface area contributed by atoms with Crippen molar-refractivity contribution < 1.29 is 0 Å². The predicted octanol–water partition coefficient (Wildman–Crippen LogP) is 4.01. The summed E-state index contributed by atoms with van der Waals surface area (Å²) in [6, 6.07) is 10.1. The van der Waals surface area contributed by atoms with Gasteiger partial charge in [0.25, 0.3) is 0 Å². The lowest BCUT2D eigenvalue weighted by Crippen LogP contribution is -2.07. The Bertz CT molecular complexity index is 638. The SMILES string of the molecule is [C+](=C1C=CCC=C1)C1=CC(=[C+]c2ccccc2)NC=C1. The van der Waals surface area contributed by atoms with E-state index in [1.165, 1.54) is 0 Å². The Morgan fingerprint density at radius 1 is 0.900 bits per heavy atom. The molecule has 0 bridgehead atoms. The average molecular weight is 257 g/mol. The third-order valence-electron chi connectivity index (χ3n) is 3.01. The first-order chi connectivity index (χ1) is 9.90. The number of allylic oxidation sites excluding steroid dienone is 9. The van der Waals surface area contributed by atoms with Gasteiger partial charge in [0.1, 0.15) is 16.7 Å². The summed E-state index contributed by atoms with van der Waals surface area (Å²) >= 11 is 0. The average Bonchev–Trinajstić information content (AvgIpc) is 2.50. The fraction of sp³-hybridized carbons (Fsp3) is 0.0526. The molecule has 94 valence electrons. The fourth-order valence-electron chi connectivity index (χ4n) is 2.07. The number of hydrogen-bond acceptors (Lipinski definition) is 1. The summed E-state index contributed by atoms with van der Waals surface area (Å²) < 4.78 is 0. The van der Waals surface area contributed by atoms with Crippen LogP contribution in [0.25, 0.3) is 0 Å². The molecule has 0 fully saturated rings. The Labute approximate surface area is 120 Å². The lowest BCUT2D eigenvalue weighted by molar-refractivity contribution is 1.07. The first-order valence-corrected chi connectivity index (χ1v) is 6.71. The van der Waals surface area contributed by atoms with Crippen molar-refractivity contribution in [1.29, 1.82) is 0 Å². The van der Waals surface area contributed by atoms with Crippen LogP contribution in [-0.4, -0.2) is 0 Å². The Morgan fingerprint density at radius 2 is 1.70 bits per heavy atom. The predicted molar refractivity (Wildman–Crippen MR) is 82.3 cm³/mol. The molecule has 0 unspecified atom stereocenters. The molecule has 0 amide bonds. The van der Waals surface area contributed by atoms with Crippen molar-refractivity contribution in [1.82, 2.24) is 5.32 Å². The van der Waals surface area contributed by atoms with Crippen LogP contribution < -0.4 is 5.32 Å². The van der Waals surface area contributed by atoms with Crippen LogP contribution in [0.3, 0.4) is 0 Å². The van der Waals surface area contributed by atoms with Gasteiger partial charge in [-0.2, -0.15) is 0 Å². The summed E-state index contributed by atoms with van der Waals surface area (Å²) in [5.74, 6) is 0. The zero-order chi connectivity index (χ0) is 13.6. The Kier molecular flexibility index (Phi) is 3.66. The Balaban J connectivity index is 1.84. The molecule has 1 heterocycles. The van der Waals surface area contributed by atoms with E-state index < -0.39 is 0 Å². The monoisotopic (exact) mass is 257 g/mol. The number of hydrogen-bond donors (Lipinski definition) is 1. The summed E-state index contributed by atoms with van der Waals surface area (Å²) in [6.07, 6.45) is 22.2. The maximum Gasteiger partial charge on any atom is 0.179 e. The Hall–Kier alpha value is -2.72. The van der Waals surface area contributed by atoms with Crippen LogP contribution >= 0.6 is 0 Å². The van der Waals surface area contributed by atoms with Crippen molar-refractivity contribution in [2.45, 2.75) is 6.42 Å². The van der Waals surface area contributed by atoms with Crippen molar-refractivity contribution in [2.24, 2.45) is 0 Å². The topological polar surface area (TPSA) is 12.0 Å². The van der Waals surface area contributed by atoms with E-state index in [-0.39, 0.29) is 0 Å². The van der Waals surface area contributed by atoms with Crippen LogP contribution in [0.2, 0.25) is 0 Å². The highest BCUT2D eigenvalue weighted by Gasteiger charge is 2.11. The molecule has 0 spiro atoms. The third kappa shape index (κ3) is 3.18. The number of benzene rings is 1. The Morgan fingerprint density at radius 3 is 2.50 bits per heavy atom. The van der Waals surface area contributed by atoms with E-state index in [1.54, 1.807) is 0 Å². The molecule has 3 rings (SSSR count). The van der Waals surface area contributed by atoms with E-state index in [0.29, 0.717) is 0 Å². The van der Waals surface area contributed by atoms with Gasteiger partial charge < -0.3 is 5.32 Å². The second-order valence-electron chi connectivity index (χ2n) is 4.60.